The van der Waals surface area contributed by atoms with E-state index in [2.05, 4.69) is 0 Å². The molecule has 4 unspecified atom stereocenters. The molecule has 0 aromatic heterocycles. The summed E-state index contributed by atoms with van der Waals surface area (Å²) >= 11 is 0. The molecule has 0 spiro atoms. The number of rotatable bonds is 10. The number of carbonyl (C=O) groups excluding carboxylic acids is 4. The molecular formula is C12H12K2Mn3O14. The average molecular weight is 623 g/mol. The van der Waals surface area contributed by atoms with E-state index in [1.54, 1.807) is 0 Å². The Kier molecular flexibility index (Phi) is 38.0. The Hall–Kier alpha value is 1.89. The zero-order chi connectivity index (χ0) is 21.3. The van der Waals surface area contributed by atoms with Gasteiger partial charge < -0.3 is 60.0 Å². The van der Waals surface area contributed by atoms with E-state index in [4.69, 9.17) is 30.6 Å². The van der Waals surface area contributed by atoms with Crippen molar-refractivity contribution in [1.82, 2.24) is 0 Å². The molecule has 0 rings (SSSR count). The summed E-state index contributed by atoms with van der Waals surface area (Å²) in [5, 5.41) is 72.0. The second-order valence-corrected chi connectivity index (χ2v) is 4.54. The fourth-order valence-corrected chi connectivity index (χ4v) is 1.19. The number of hydrogen-bond donors (Lipinski definition) is 6. The van der Waals surface area contributed by atoms with Crippen LogP contribution in [0.3, 0.4) is 0 Å². The molecular weight excluding hydrogens is 611 g/mol. The number of aliphatic hydroxyl groups excluding tert-OH is 2. The van der Waals surface area contributed by atoms with Crippen molar-refractivity contribution < 1.29 is 224 Å². The van der Waals surface area contributed by atoms with Gasteiger partial charge in [0.25, 0.3) is 0 Å². The van der Waals surface area contributed by atoms with Gasteiger partial charge in [-0.1, -0.05) is 0 Å². The summed E-state index contributed by atoms with van der Waals surface area (Å²) in [6.45, 7) is 0. The second-order valence-electron chi connectivity index (χ2n) is 4.54. The zero-order valence-corrected chi connectivity index (χ0v) is 25.4. The van der Waals surface area contributed by atoms with Gasteiger partial charge in [0.05, 0.1) is 11.9 Å². The molecule has 0 aliphatic rings. The van der Waals surface area contributed by atoms with Gasteiger partial charge in [0, 0.05) is 34.1 Å². The zero-order valence-electron chi connectivity index (χ0n) is 15.7. The number of aliphatic hydroxyl groups is 4. The molecule has 19 heteroatoms. The van der Waals surface area contributed by atoms with E-state index in [1.807, 2.05) is 0 Å². The first-order chi connectivity index (χ1) is 11.7. The summed E-state index contributed by atoms with van der Waals surface area (Å²) in [6, 6.07) is 0. The summed E-state index contributed by atoms with van der Waals surface area (Å²) < 4.78 is 0. The largest absolute Gasteiger partial charge is 2.00 e. The first kappa shape index (κ1) is 49.9. The van der Waals surface area contributed by atoms with E-state index < -0.39 is 60.1 Å². The van der Waals surface area contributed by atoms with Crippen molar-refractivity contribution in [2.24, 2.45) is 0 Å². The van der Waals surface area contributed by atoms with Crippen LogP contribution in [0.4, 0.5) is 0 Å². The Morgan fingerprint density at radius 3 is 1.03 bits per heavy atom. The van der Waals surface area contributed by atoms with Gasteiger partial charge in [-0.05, 0) is 0 Å². The number of carbonyl (C=O) groups is 4. The van der Waals surface area contributed by atoms with Crippen molar-refractivity contribution in [3.8, 4) is 0 Å². The minimum atomic E-state index is -3.08. The predicted octanol–water partition coefficient (Wildman–Crippen LogP) is -13.2. The third-order valence-electron chi connectivity index (χ3n) is 2.78. The van der Waals surface area contributed by atoms with Gasteiger partial charge >= 0.3 is 132 Å². The number of carboxylic acid groups (broad SMARTS) is 4. The van der Waals surface area contributed by atoms with Crippen molar-refractivity contribution in [2.75, 3.05) is 0 Å². The average Bonchev–Trinajstić information content (AvgIpc) is 2.53. The first-order valence-corrected chi connectivity index (χ1v) is 6.11. The minimum Gasteiger partial charge on any atom is -0.547 e. The van der Waals surface area contributed by atoms with E-state index >= 15 is 0 Å². The van der Waals surface area contributed by atoms with Gasteiger partial charge in [0.1, 0.15) is 12.2 Å². The van der Waals surface area contributed by atoms with Crippen LogP contribution in [0.2, 0.25) is 0 Å². The molecule has 0 amide bonds. The van der Waals surface area contributed by atoms with Gasteiger partial charge in [-0.2, -0.15) is 0 Å². The molecule has 0 bridgehead atoms. The second kappa shape index (κ2) is 23.6. The van der Waals surface area contributed by atoms with Gasteiger partial charge in [0.2, 0.25) is 0 Å². The molecule has 14 nitrogen and oxygen atoms in total. The van der Waals surface area contributed by atoms with Crippen molar-refractivity contribution in [1.29, 1.82) is 0 Å². The fraction of sp³-hybridized carbons (Fsp3) is 0.500. The van der Waals surface area contributed by atoms with E-state index in [0.717, 1.165) is 12.6 Å². The summed E-state index contributed by atoms with van der Waals surface area (Å²) in [4.78, 5) is 60.1. The molecule has 31 heavy (non-hydrogen) atoms. The first-order valence-electron chi connectivity index (χ1n) is 6.11. The summed E-state index contributed by atoms with van der Waals surface area (Å²) in [6.07, 6.45) is -5.67. The van der Waals surface area contributed by atoms with E-state index in [1.165, 1.54) is 0 Å². The molecule has 4 atom stereocenters. The maximum atomic E-state index is 10.3. The minimum absolute atomic E-state index is 0. The number of aliphatic carboxylic acids is 4. The maximum Gasteiger partial charge on any atom is 2.00 e. The molecule has 6 N–H and O–H groups in total. The number of carboxylic acids is 4. The van der Waals surface area contributed by atoms with Crippen LogP contribution >= 0.6 is 0 Å². The third-order valence-corrected chi connectivity index (χ3v) is 2.78. The molecule has 0 aliphatic heterocycles. The molecule has 0 aromatic rings. The van der Waals surface area contributed by atoms with Crippen LogP contribution in [0.25, 0.3) is 0 Å². The van der Waals surface area contributed by atoms with Crippen LogP contribution in [-0.4, -0.2) is 90.5 Å². The third kappa shape index (κ3) is 16.2. The van der Waals surface area contributed by atoms with Crippen LogP contribution in [0.15, 0.2) is 0 Å². The summed E-state index contributed by atoms with van der Waals surface area (Å²) in [7, 11) is 0. The molecule has 3 radical (unpaired) electrons. The quantitative estimate of drug-likeness (QED) is 0.0975. The van der Waals surface area contributed by atoms with E-state index in [9.17, 15) is 39.0 Å². The van der Waals surface area contributed by atoms with Gasteiger partial charge in [0.15, 0.2) is 11.2 Å². The van der Waals surface area contributed by atoms with Crippen molar-refractivity contribution in [3.05, 3.63) is 0 Å². The monoisotopic (exact) mass is 623 g/mol. The van der Waals surface area contributed by atoms with Gasteiger partial charge in [-0.15, -0.1) is 12.8 Å². The molecule has 0 heterocycles. The Balaban J connectivity index is -0.0000000640. The van der Waals surface area contributed by atoms with Crippen LogP contribution in [0.5, 0.6) is 0 Å². The van der Waals surface area contributed by atoms with E-state index in [-0.39, 0.29) is 154 Å². The Bertz CT molecular complexity index is 545. The predicted molar refractivity (Wildman–Crippen MR) is 67.8 cm³/mol. The maximum absolute atomic E-state index is 10.3. The topological polar surface area (TPSA) is 270 Å². The van der Waals surface area contributed by atoms with Crippen molar-refractivity contribution >= 4 is 36.4 Å². The fourth-order valence-electron chi connectivity index (χ4n) is 1.19. The normalized spacial score (nSPS) is 14.3. The molecule has 0 aliphatic carbocycles. The van der Waals surface area contributed by atoms with Gasteiger partial charge in [-0.25, -0.2) is 9.59 Å². The molecule has 167 valence electrons. The SMILES string of the molecule is O=[C-]CC(O)(C(=O)O)C(O)C(=O)[O-].O=[C-]CC(O)(C(=O)O)C(O)C(=O)[O-].[K+].[K+].[Mn+2].[Mn].[Mn]. The van der Waals surface area contributed by atoms with Crippen LogP contribution in [0.1, 0.15) is 12.8 Å². The van der Waals surface area contributed by atoms with E-state index in [0.29, 0.717) is 0 Å². The molecule has 0 aromatic carbocycles. The van der Waals surface area contributed by atoms with Gasteiger partial charge in [-0.3, -0.25) is 12.6 Å². The van der Waals surface area contributed by atoms with Crippen molar-refractivity contribution in [3.63, 3.8) is 0 Å². The molecule has 0 fully saturated rings. The number of hydrogen-bond acceptors (Lipinski definition) is 12. The van der Waals surface area contributed by atoms with Crippen LogP contribution in [0, 0.1) is 0 Å². The van der Waals surface area contributed by atoms with Crippen molar-refractivity contribution in [2.45, 2.75) is 36.3 Å². The van der Waals surface area contributed by atoms with Crippen LogP contribution in [-0.2, 0) is 80.0 Å². The smallest absolute Gasteiger partial charge is 0.547 e. The standard InChI is InChI=1S/2C6H7O7.2K.3Mn/c2*7-2-1-6(13,5(11)12)3(8)4(9)10;;;;;/h2*3,8,13H,1H2,(H,9,10)(H,11,12);;;;;/q2*-1;2*+1;;;+2/p-2. The Labute approximate surface area is 291 Å². The molecule has 0 saturated carbocycles. The van der Waals surface area contributed by atoms with Crippen LogP contribution < -0.4 is 113 Å². The molecule has 0 saturated heterocycles. The Morgan fingerprint density at radius 1 is 0.742 bits per heavy atom. The Morgan fingerprint density at radius 2 is 0.935 bits per heavy atom. The summed E-state index contributed by atoms with van der Waals surface area (Å²) in [5.74, 6) is -8.43. The summed E-state index contributed by atoms with van der Waals surface area (Å²) in [5.41, 5.74) is -6.17.